The van der Waals surface area contributed by atoms with Crippen LogP contribution in [0.2, 0.25) is 0 Å². The van der Waals surface area contributed by atoms with Gasteiger partial charge in [-0.25, -0.2) is 0 Å². The highest BCUT2D eigenvalue weighted by Gasteiger charge is 2.23. The van der Waals surface area contributed by atoms with E-state index < -0.39 is 11.4 Å². The fourth-order valence-electron chi connectivity index (χ4n) is 0.963. The summed E-state index contributed by atoms with van der Waals surface area (Å²) in [5.41, 5.74) is 6.14. The average Bonchev–Trinajstić information content (AvgIpc) is 2.31. The lowest BCUT2D eigenvalue weighted by Gasteiger charge is -2.14. The molecule has 0 radical (unpaired) electrons. The van der Waals surface area contributed by atoms with Crippen LogP contribution in [-0.4, -0.2) is 17.6 Å². The zero-order chi connectivity index (χ0) is 13.3. The monoisotopic (exact) mass is 237 g/mol. The third kappa shape index (κ3) is 6.74. The number of aliphatic carboxylic acids is 1. The maximum atomic E-state index is 10.3. The van der Waals surface area contributed by atoms with Crippen LogP contribution in [0.25, 0.3) is 0 Å². The summed E-state index contributed by atoms with van der Waals surface area (Å²) >= 11 is 0. The molecule has 0 saturated carbocycles. The normalized spacial score (nSPS) is 10.4. The highest BCUT2D eigenvalue weighted by Crippen LogP contribution is 2.18. The van der Waals surface area contributed by atoms with E-state index in [0.717, 1.165) is 13.0 Å². The van der Waals surface area contributed by atoms with Gasteiger partial charge in [0.25, 0.3) is 0 Å². The van der Waals surface area contributed by atoms with E-state index in [1.807, 2.05) is 25.1 Å². The number of benzene rings is 1. The first-order chi connectivity index (χ1) is 7.94. The van der Waals surface area contributed by atoms with Gasteiger partial charge in [-0.1, -0.05) is 37.3 Å². The Morgan fingerprint density at radius 3 is 2.12 bits per heavy atom. The molecule has 1 aromatic carbocycles. The van der Waals surface area contributed by atoms with Crippen LogP contribution >= 0.6 is 0 Å². The van der Waals surface area contributed by atoms with Crippen LogP contribution in [0.15, 0.2) is 30.3 Å². The van der Waals surface area contributed by atoms with E-state index in [2.05, 4.69) is 12.1 Å². The Labute approximate surface area is 104 Å². The van der Waals surface area contributed by atoms with E-state index in [-0.39, 0.29) is 0 Å². The summed E-state index contributed by atoms with van der Waals surface area (Å²) in [6.45, 7) is 6.04. The van der Waals surface area contributed by atoms with Crippen LogP contribution in [0.5, 0.6) is 0 Å². The van der Waals surface area contributed by atoms with Gasteiger partial charge >= 0.3 is 5.97 Å². The number of hydrogen-bond donors (Lipinski definition) is 2. The lowest BCUT2D eigenvalue weighted by Crippen LogP contribution is -2.21. The van der Waals surface area contributed by atoms with Crippen molar-refractivity contribution in [2.75, 3.05) is 6.54 Å². The van der Waals surface area contributed by atoms with Gasteiger partial charge in [-0.2, -0.15) is 0 Å². The zero-order valence-electron chi connectivity index (χ0n) is 10.9. The molecule has 0 aromatic heterocycles. The summed E-state index contributed by atoms with van der Waals surface area (Å²) in [6, 6.07) is 10.3. The molecule has 96 valence electrons. The Balaban J connectivity index is 0.000000304. The molecule has 3 nitrogen and oxygen atoms in total. The topological polar surface area (TPSA) is 63.3 Å². The number of hydrogen-bond acceptors (Lipinski definition) is 2. The minimum absolute atomic E-state index is 0.542. The van der Waals surface area contributed by atoms with Crippen molar-refractivity contribution >= 4 is 5.97 Å². The fourth-order valence-corrected chi connectivity index (χ4v) is 0.963. The lowest BCUT2D eigenvalue weighted by molar-refractivity contribution is -0.147. The van der Waals surface area contributed by atoms with Gasteiger partial charge in [0.15, 0.2) is 0 Å². The smallest absolute Gasteiger partial charge is 0.309 e. The molecule has 0 bridgehead atoms. The van der Waals surface area contributed by atoms with E-state index in [9.17, 15) is 4.79 Å². The molecule has 0 aliphatic heterocycles. The third-order valence-corrected chi connectivity index (χ3v) is 2.74. The molecule has 17 heavy (non-hydrogen) atoms. The molecule has 3 heteroatoms. The van der Waals surface area contributed by atoms with Gasteiger partial charge < -0.3 is 10.8 Å². The zero-order valence-corrected chi connectivity index (χ0v) is 10.9. The molecule has 0 fully saturated rings. The third-order valence-electron chi connectivity index (χ3n) is 2.74. The van der Waals surface area contributed by atoms with E-state index >= 15 is 0 Å². The molecule has 0 aliphatic rings. The number of carboxylic acid groups (broad SMARTS) is 1. The summed E-state index contributed by atoms with van der Waals surface area (Å²) in [5, 5.41) is 8.44. The predicted octanol–water partition coefficient (Wildman–Crippen LogP) is 2.70. The molecule has 3 N–H and O–H groups in total. The molecule has 0 unspecified atom stereocenters. The van der Waals surface area contributed by atoms with E-state index in [1.54, 1.807) is 13.8 Å². The predicted molar refractivity (Wildman–Crippen MR) is 70.9 cm³/mol. The number of nitrogens with two attached hydrogens (primary N) is 1. The van der Waals surface area contributed by atoms with Gasteiger partial charge in [-0.05, 0) is 38.8 Å². The van der Waals surface area contributed by atoms with Gasteiger partial charge in [0.2, 0.25) is 0 Å². The summed E-state index contributed by atoms with van der Waals surface area (Å²) < 4.78 is 0. The second-order valence-electron chi connectivity index (χ2n) is 4.57. The van der Waals surface area contributed by atoms with Crippen LogP contribution in [0, 0.1) is 5.41 Å². The Kier molecular flexibility index (Phi) is 7.22. The minimum Gasteiger partial charge on any atom is -0.481 e. The molecule has 1 rings (SSSR count). The van der Waals surface area contributed by atoms with Crippen molar-refractivity contribution in [3.8, 4) is 0 Å². The Hall–Kier alpha value is -1.35. The first-order valence-electron chi connectivity index (χ1n) is 5.91. The van der Waals surface area contributed by atoms with Gasteiger partial charge in [0.05, 0.1) is 5.41 Å². The number of carboxylic acids is 1. The van der Waals surface area contributed by atoms with Crippen LogP contribution in [-0.2, 0) is 11.2 Å². The summed E-state index contributed by atoms with van der Waals surface area (Å²) in [6.07, 6.45) is 1.67. The SMILES string of the molecule is CCC(C)(C)C(=O)O.NCCc1ccccc1. The molecule has 0 saturated heterocycles. The standard InChI is InChI=1S/C8H11N.C6H12O2/c9-7-6-8-4-2-1-3-5-8;1-4-6(2,3)5(7)8/h1-5H,6-7,9H2;4H2,1-3H3,(H,7,8). The summed E-state index contributed by atoms with van der Waals surface area (Å²) in [5.74, 6) is -0.722. The van der Waals surface area contributed by atoms with Crippen LogP contribution in [0.4, 0.5) is 0 Å². The average molecular weight is 237 g/mol. The molecule has 1 aromatic rings. The second-order valence-corrected chi connectivity index (χ2v) is 4.57. The first-order valence-corrected chi connectivity index (χ1v) is 5.91. The van der Waals surface area contributed by atoms with Crippen molar-refractivity contribution in [2.45, 2.75) is 33.6 Å². The van der Waals surface area contributed by atoms with Crippen LogP contribution in [0.1, 0.15) is 32.8 Å². The molecule has 0 aliphatic carbocycles. The Morgan fingerprint density at radius 2 is 1.82 bits per heavy atom. The van der Waals surface area contributed by atoms with Crippen molar-refractivity contribution in [1.29, 1.82) is 0 Å². The van der Waals surface area contributed by atoms with Crippen molar-refractivity contribution in [3.05, 3.63) is 35.9 Å². The lowest BCUT2D eigenvalue weighted by atomic mass is 9.91. The quantitative estimate of drug-likeness (QED) is 0.846. The minimum atomic E-state index is -0.722. The van der Waals surface area contributed by atoms with Gasteiger partial charge in [-0.15, -0.1) is 0 Å². The van der Waals surface area contributed by atoms with Crippen molar-refractivity contribution < 1.29 is 9.90 Å². The Bertz CT molecular complexity index is 320. The molecular formula is C14H23NO2. The summed E-state index contributed by atoms with van der Waals surface area (Å²) in [7, 11) is 0. The molecule has 0 heterocycles. The van der Waals surface area contributed by atoms with Crippen molar-refractivity contribution in [3.63, 3.8) is 0 Å². The first kappa shape index (κ1) is 15.7. The van der Waals surface area contributed by atoms with E-state index in [4.69, 9.17) is 10.8 Å². The van der Waals surface area contributed by atoms with Gasteiger partial charge in [-0.3, -0.25) is 4.79 Å². The van der Waals surface area contributed by atoms with E-state index in [0.29, 0.717) is 6.42 Å². The van der Waals surface area contributed by atoms with Crippen molar-refractivity contribution in [1.82, 2.24) is 0 Å². The van der Waals surface area contributed by atoms with Gasteiger partial charge in [0, 0.05) is 0 Å². The summed E-state index contributed by atoms with van der Waals surface area (Å²) in [4.78, 5) is 10.3. The van der Waals surface area contributed by atoms with Crippen molar-refractivity contribution in [2.24, 2.45) is 11.1 Å². The molecule has 0 atom stereocenters. The highest BCUT2D eigenvalue weighted by molar-refractivity contribution is 5.73. The number of carbonyl (C=O) groups is 1. The maximum Gasteiger partial charge on any atom is 0.309 e. The van der Waals surface area contributed by atoms with E-state index in [1.165, 1.54) is 5.56 Å². The van der Waals surface area contributed by atoms with Gasteiger partial charge in [0.1, 0.15) is 0 Å². The maximum absolute atomic E-state index is 10.3. The Morgan fingerprint density at radius 1 is 1.29 bits per heavy atom. The molecule has 0 amide bonds. The largest absolute Gasteiger partial charge is 0.481 e. The fraction of sp³-hybridized carbons (Fsp3) is 0.500. The molecule has 0 spiro atoms. The second kappa shape index (κ2) is 7.85. The molecular weight excluding hydrogens is 214 g/mol. The number of rotatable bonds is 4. The van der Waals surface area contributed by atoms with Crippen LogP contribution in [0.3, 0.4) is 0 Å². The van der Waals surface area contributed by atoms with Crippen LogP contribution < -0.4 is 5.73 Å². The highest BCUT2D eigenvalue weighted by atomic mass is 16.4.